The number of carbonyl (C=O) groups excluding carboxylic acids is 1. The Morgan fingerprint density at radius 3 is 2.52 bits per heavy atom. The Kier molecular flexibility index (Phi) is 6.42. The molecule has 3 aromatic rings. The number of alkyl halides is 3. The number of pyridine rings is 1. The molecule has 11 heteroatoms. The summed E-state index contributed by atoms with van der Waals surface area (Å²) in [5, 5.41) is 10.8. The zero-order valence-electron chi connectivity index (χ0n) is 17.0. The summed E-state index contributed by atoms with van der Waals surface area (Å²) >= 11 is 0. The number of rotatable bonds is 7. The minimum Gasteiger partial charge on any atom is -0.465 e. The van der Waals surface area contributed by atoms with E-state index in [1.165, 1.54) is 48.7 Å². The van der Waals surface area contributed by atoms with E-state index in [-0.39, 0.29) is 29.5 Å². The molecule has 0 amide bonds. The molecule has 0 bridgehead atoms. The normalized spacial score (nSPS) is 11.5. The van der Waals surface area contributed by atoms with Gasteiger partial charge >= 0.3 is 12.1 Å². The van der Waals surface area contributed by atoms with Gasteiger partial charge in [0.1, 0.15) is 11.3 Å². The third-order valence-electron chi connectivity index (χ3n) is 4.06. The van der Waals surface area contributed by atoms with Crippen molar-refractivity contribution in [2.24, 2.45) is 0 Å². The molecule has 0 aliphatic carbocycles. The fraction of sp³-hybridized carbons (Fsp3) is 0.300. The van der Waals surface area contributed by atoms with Gasteiger partial charge in [-0.2, -0.15) is 28.2 Å². The van der Waals surface area contributed by atoms with Gasteiger partial charge in [-0.3, -0.25) is 0 Å². The van der Waals surface area contributed by atoms with Crippen LogP contribution in [0.5, 0.6) is 11.6 Å². The highest BCUT2D eigenvalue weighted by molar-refractivity contribution is 5.96. The van der Waals surface area contributed by atoms with Crippen LogP contribution in [0.2, 0.25) is 0 Å². The molecule has 3 rings (SSSR count). The standard InChI is InChI=1S/C20H20F3N5O3/c1-12(2)27-17-5-4-14(9-15(17)19(29)30-3)31-18-16(20(21,22)23)8-13(10-24-18)11-28-25-6-7-26-28/h4-10,12,27H,11H2,1-3H3. The maximum atomic E-state index is 13.6. The van der Waals surface area contributed by atoms with Crippen LogP contribution in [0, 0.1) is 0 Å². The molecule has 0 radical (unpaired) electrons. The first-order valence-electron chi connectivity index (χ1n) is 9.24. The number of anilines is 1. The largest absolute Gasteiger partial charge is 0.465 e. The van der Waals surface area contributed by atoms with Gasteiger partial charge < -0.3 is 14.8 Å². The number of methoxy groups -OCH3 is 1. The van der Waals surface area contributed by atoms with Crippen molar-refractivity contribution in [3.63, 3.8) is 0 Å². The van der Waals surface area contributed by atoms with Crippen LogP contribution in [-0.2, 0) is 17.5 Å². The zero-order valence-corrected chi connectivity index (χ0v) is 17.0. The van der Waals surface area contributed by atoms with Crippen LogP contribution >= 0.6 is 0 Å². The lowest BCUT2D eigenvalue weighted by molar-refractivity contribution is -0.138. The molecule has 31 heavy (non-hydrogen) atoms. The fourth-order valence-corrected chi connectivity index (χ4v) is 2.77. The van der Waals surface area contributed by atoms with E-state index in [1.807, 2.05) is 13.8 Å². The average molecular weight is 435 g/mol. The van der Waals surface area contributed by atoms with Crippen molar-refractivity contribution in [3.8, 4) is 11.6 Å². The fourth-order valence-electron chi connectivity index (χ4n) is 2.77. The summed E-state index contributed by atoms with van der Waals surface area (Å²) in [5.41, 5.74) is -0.201. The van der Waals surface area contributed by atoms with Crippen LogP contribution in [0.4, 0.5) is 18.9 Å². The van der Waals surface area contributed by atoms with Gasteiger partial charge in [0, 0.05) is 17.9 Å². The number of nitrogens with one attached hydrogen (secondary N) is 1. The minimum absolute atomic E-state index is 0.00852. The number of ether oxygens (including phenoxy) is 2. The van der Waals surface area contributed by atoms with E-state index in [0.29, 0.717) is 5.69 Å². The van der Waals surface area contributed by atoms with Gasteiger partial charge in [0.15, 0.2) is 0 Å². The third kappa shape index (κ3) is 5.50. The van der Waals surface area contributed by atoms with Gasteiger partial charge in [0.2, 0.25) is 5.88 Å². The zero-order chi connectivity index (χ0) is 22.6. The molecule has 1 N–H and O–H groups in total. The van der Waals surface area contributed by atoms with Crippen LogP contribution in [0.15, 0.2) is 42.9 Å². The molecule has 0 saturated heterocycles. The second kappa shape index (κ2) is 9.02. The first-order valence-corrected chi connectivity index (χ1v) is 9.24. The van der Waals surface area contributed by atoms with Gasteiger partial charge in [0.25, 0.3) is 0 Å². The van der Waals surface area contributed by atoms with Crippen molar-refractivity contribution in [3.05, 3.63) is 59.5 Å². The minimum atomic E-state index is -4.71. The first kappa shape index (κ1) is 22.1. The number of hydrogen-bond donors (Lipinski definition) is 1. The Hall–Kier alpha value is -3.63. The molecule has 1 aromatic carbocycles. The van der Waals surface area contributed by atoms with Gasteiger partial charge in [0.05, 0.1) is 31.6 Å². The number of aromatic nitrogens is 4. The van der Waals surface area contributed by atoms with Gasteiger partial charge in [-0.1, -0.05) is 0 Å². The summed E-state index contributed by atoms with van der Waals surface area (Å²) < 4.78 is 51.1. The molecule has 0 aliphatic rings. The lowest BCUT2D eigenvalue weighted by Crippen LogP contribution is -2.14. The molecule has 8 nitrogen and oxygen atoms in total. The molecule has 0 unspecified atom stereocenters. The van der Waals surface area contributed by atoms with E-state index in [9.17, 15) is 18.0 Å². The number of esters is 1. The van der Waals surface area contributed by atoms with Crippen LogP contribution in [0.1, 0.15) is 35.3 Å². The molecule has 0 fully saturated rings. The molecular formula is C20H20F3N5O3. The molecule has 0 spiro atoms. The van der Waals surface area contributed by atoms with Crippen LogP contribution in [0.3, 0.4) is 0 Å². The summed E-state index contributed by atoms with van der Waals surface area (Å²) in [7, 11) is 1.21. The molecule has 2 aromatic heterocycles. The highest BCUT2D eigenvalue weighted by Crippen LogP contribution is 2.38. The number of nitrogens with zero attached hydrogens (tertiary/aromatic N) is 4. The topological polar surface area (TPSA) is 91.2 Å². The predicted octanol–water partition coefficient (Wildman–Crippen LogP) is 4.14. The Morgan fingerprint density at radius 1 is 1.19 bits per heavy atom. The highest BCUT2D eigenvalue weighted by atomic mass is 19.4. The van der Waals surface area contributed by atoms with Crippen LogP contribution in [0.25, 0.3) is 0 Å². The summed E-state index contributed by atoms with van der Waals surface area (Å²) in [6.45, 7) is 3.78. The average Bonchev–Trinajstić information content (AvgIpc) is 3.21. The van der Waals surface area contributed by atoms with Gasteiger partial charge in [-0.05, 0) is 43.7 Å². The number of halogens is 3. The molecule has 0 saturated carbocycles. The number of benzene rings is 1. The van der Waals surface area contributed by atoms with E-state index in [2.05, 4.69) is 20.5 Å². The van der Waals surface area contributed by atoms with E-state index in [4.69, 9.17) is 9.47 Å². The van der Waals surface area contributed by atoms with Crippen LogP contribution in [-0.4, -0.2) is 39.1 Å². The van der Waals surface area contributed by atoms with Gasteiger partial charge in [-0.15, -0.1) is 0 Å². The monoisotopic (exact) mass is 435 g/mol. The van der Waals surface area contributed by atoms with Crippen molar-refractivity contribution in [2.45, 2.75) is 32.6 Å². The predicted molar refractivity (Wildman–Crippen MR) is 105 cm³/mol. The second-order valence-corrected chi connectivity index (χ2v) is 6.85. The maximum Gasteiger partial charge on any atom is 0.421 e. The molecular weight excluding hydrogens is 415 g/mol. The van der Waals surface area contributed by atoms with Gasteiger partial charge in [-0.25, -0.2) is 9.78 Å². The van der Waals surface area contributed by atoms with Crippen molar-refractivity contribution >= 4 is 11.7 Å². The lowest BCUT2D eigenvalue weighted by Gasteiger charge is -2.17. The maximum absolute atomic E-state index is 13.6. The van der Waals surface area contributed by atoms with Crippen molar-refractivity contribution < 1.29 is 27.4 Å². The van der Waals surface area contributed by atoms with E-state index >= 15 is 0 Å². The lowest BCUT2D eigenvalue weighted by atomic mass is 10.1. The summed E-state index contributed by atoms with van der Waals surface area (Å²) in [6, 6.07) is 5.24. The quantitative estimate of drug-likeness (QED) is 0.558. The third-order valence-corrected chi connectivity index (χ3v) is 4.06. The van der Waals surface area contributed by atoms with Crippen LogP contribution < -0.4 is 10.1 Å². The first-order chi connectivity index (χ1) is 14.7. The van der Waals surface area contributed by atoms with Crippen molar-refractivity contribution in [1.82, 2.24) is 20.0 Å². The Balaban J connectivity index is 1.94. The SMILES string of the molecule is COC(=O)c1cc(Oc2ncc(Cn3nccn3)cc2C(F)(F)F)ccc1NC(C)C. The smallest absolute Gasteiger partial charge is 0.421 e. The molecule has 0 aliphatic heterocycles. The highest BCUT2D eigenvalue weighted by Gasteiger charge is 2.36. The summed E-state index contributed by atoms with van der Waals surface area (Å²) in [5.74, 6) is -1.28. The molecule has 0 atom stereocenters. The Bertz CT molecular complexity index is 1050. The molecule has 164 valence electrons. The van der Waals surface area contributed by atoms with E-state index in [0.717, 1.165) is 6.07 Å². The molecule has 2 heterocycles. The van der Waals surface area contributed by atoms with E-state index in [1.54, 1.807) is 0 Å². The Labute approximate surface area is 176 Å². The Morgan fingerprint density at radius 2 is 1.90 bits per heavy atom. The van der Waals surface area contributed by atoms with E-state index < -0.39 is 23.6 Å². The summed E-state index contributed by atoms with van der Waals surface area (Å²) in [4.78, 5) is 17.2. The van der Waals surface area contributed by atoms with Crippen molar-refractivity contribution in [1.29, 1.82) is 0 Å². The number of carbonyl (C=O) groups is 1. The van der Waals surface area contributed by atoms with Crippen molar-refractivity contribution in [2.75, 3.05) is 12.4 Å². The second-order valence-electron chi connectivity index (χ2n) is 6.85. The summed E-state index contributed by atoms with van der Waals surface area (Å²) in [6.07, 6.45) is -0.609. The number of hydrogen-bond acceptors (Lipinski definition) is 7.